The minimum Gasteiger partial charge on any atom is -0.340 e. The molecule has 1 fully saturated rings. The van der Waals surface area contributed by atoms with Gasteiger partial charge >= 0.3 is 0 Å². The van der Waals surface area contributed by atoms with Crippen molar-refractivity contribution in [3.8, 4) is 0 Å². The maximum atomic E-state index is 12.7. The Bertz CT molecular complexity index is 571. The van der Waals surface area contributed by atoms with E-state index >= 15 is 0 Å². The smallest absolute Gasteiger partial charge is 0.248 e. The third-order valence-electron chi connectivity index (χ3n) is 3.98. The summed E-state index contributed by atoms with van der Waals surface area (Å²) >= 11 is 6.04. The molecular weight excluding hydrogens is 288 g/mol. The molecule has 0 bridgehead atoms. The molecule has 1 aromatic rings. The number of hydrogen-bond acceptors (Lipinski definition) is 2. The van der Waals surface area contributed by atoms with Crippen LogP contribution in [0.1, 0.15) is 45.7 Å². The maximum Gasteiger partial charge on any atom is 0.248 e. The molecule has 2 unspecified atom stereocenters. The van der Waals surface area contributed by atoms with Crippen LogP contribution in [-0.4, -0.2) is 28.3 Å². The normalized spacial score (nSPS) is 22.9. The van der Waals surface area contributed by atoms with Crippen molar-refractivity contribution in [2.75, 3.05) is 0 Å². The van der Waals surface area contributed by atoms with Crippen LogP contribution in [-0.2, 0) is 9.59 Å². The summed E-state index contributed by atoms with van der Waals surface area (Å²) in [5, 5.41) is 3.42. The highest BCUT2D eigenvalue weighted by Crippen LogP contribution is 2.31. The third kappa shape index (κ3) is 2.91. The molecule has 21 heavy (non-hydrogen) atoms. The molecule has 5 heteroatoms. The second kappa shape index (κ2) is 5.68. The average Bonchev–Trinajstić information content (AvgIpc) is 2.41. The van der Waals surface area contributed by atoms with Crippen molar-refractivity contribution in [1.29, 1.82) is 0 Å². The SMILES string of the molecule is CCC1C(=O)NC(C)(C)C(=O)N1C(C)c1cccc(Cl)c1. The Hall–Kier alpha value is -1.55. The number of carbonyl (C=O) groups is 2. The maximum absolute atomic E-state index is 12.7. The van der Waals surface area contributed by atoms with Crippen molar-refractivity contribution in [1.82, 2.24) is 10.2 Å². The lowest BCUT2D eigenvalue weighted by Crippen LogP contribution is -2.68. The van der Waals surface area contributed by atoms with Crippen LogP contribution in [0.4, 0.5) is 0 Å². The lowest BCUT2D eigenvalue weighted by atomic mass is 9.92. The Kier molecular flexibility index (Phi) is 4.28. The third-order valence-corrected chi connectivity index (χ3v) is 4.21. The highest BCUT2D eigenvalue weighted by atomic mass is 35.5. The minimum absolute atomic E-state index is 0.0681. The molecule has 0 aliphatic carbocycles. The Morgan fingerprint density at radius 3 is 2.62 bits per heavy atom. The Morgan fingerprint density at radius 1 is 1.38 bits per heavy atom. The van der Waals surface area contributed by atoms with Crippen molar-refractivity contribution in [2.45, 2.75) is 51.7 Å². The van der Waals surface area contributed by atoms with Crippen LogP contribution in [0.2, 0.25) is 5.02 Å². The molecule has 1 saturated heterocycles. The molecule has 114 valence electrons. The number of carbonyl (C=O) groups excluding carboxylic acids is 2. The van der Waals surface area contributed by atoms with Gasteiger partial charge in [0.1, 0.15) is 11.6 Å². The van der Waals surface area contributed by atoms with Gasteiger partial charge in [-0.15, -0.1) is 0 Å². The lowest BCUT2D eigenvalue weighted by Gasteiger charge is -2.45. The summed E-state index contributed by atoms with van der Waals surface area (Å²) in [6, 6.07) is 6.77. The zero-order chi connectivity index (χ0) is 15.8. The van der Waals surface area contributed by atoms with Crippen LogP contribution in [0.3, 0.4) is 0 Å². The van der Waals surface area contributed by atoms with Crippen molar-refractivity contribution >= 4 is 23.4 Å². The predicted molar refractivity (Wildman–Crippen MR) is 83.0 cm³/mol. The van der Waals surface area contributed by atoms with Gasteiger partial charge in [0.2, 0.25) is 11.8 Å². The Labute approximate surface area is 130 Å². The van der Waals surface area contributed by atoms with Crippen LogP contribution in [0.5, 0.6) is 0 Å². The van der Waals surface area contributed by atoms with Gasteiger partial charge in [0, 0.05) is 5.02 Å². The number of halogens is 1. The largest absolute Gasteiger partial charge is 0.340 e. The summed E-state index contributed by atoms with van der Waals surface area (Å²) in [4.78, 5) is 26.7. The molecule has 1 aliphatic rings. The second-order valence-corrected chi connectivity index (χ2v) is 6.42. The molecule has 0 spiro atoms. The molecule has 1 aromatic carbocycles. The molecule has 1 N–H and O–H groups in total. The van der Waals surface area contributed by atoms with Crippen molar-refractivity contribution in [3.05, 3.63) is 34.9 Å². The van der Waals surface area contributed by atoms with Gasteiger partial charge < -0.3 is 10.2 Å². The molecule has 0 saturated carbocycles. The first-order valence-electron chi connectivity index (χ1n) is 7.18. The van der Waals surface area contributed by atoms with E-state index in [2.05, 4.69) is 5.32 Å². The van der Waals surface area contributed by atoms with E-state index in [0.717, 1.165) is 5.56 Å². The van der Waals surface area contributed by atoms with Crippen LogP contribution < -0.4 is 5.32 Å². The van der Waals surface area contributed by atoms with E-state index in [9.17, 15) is 9.59 Å². The van der Waals surface area contributed by atoms with Crippen molar-refractivity contribution in [2.24, 2.45) is 0 Å². The molecular formula is C16H21ClN2O2. The van der Waals surface area contributed by atoms with Gasteiger partial charge in [0.15, 0.2) is 0 Å². The van der Waals surface area contributed by atoms with Gasteiger partial charge in [-0.05, 0) is 44.9 Å². The summed E-state index contributed by atoms with van der Waals surface area (Å²) in [6.45, 7) is 7.31. The summed E-state index contributed by atoms with van der Waals surface area (Å²) in [6.07, 6.45) is 0.582. The monoisotopic (exact) mass is 308 g/mol. The zero-order valence-corrected chi connectivity index (χ0v) is 13.6. The first-order chi connectivity index (χ1) is 9.77. The number of piperazine rings is 1. The number of benzene rings is 1. The standard InChI is InChI=1S/C16H21ClN2O2/c1-5-13-14(20)18-16(3,4)15(21)19(13)10(2)11-7-6-8-12(17)9-11/h6-10,13H,5H2,1-4H3,(H,18,20). The molecule has 2 atom stereocenters. The summed E-state index contributed by atoms with van der Waals surface area (Å²) in [7, 11) is 0. The second-order valence-electron chi connectivity index (χ2n) is 5.98. The number of nitrogens with zero attached hydrogens (tertiary/aromatic N) is 1. The minimum atomic E-state index is -0.879. The van der Waals surface area contributed by atoms with Gasteiger partial charge in [-0.2, -0.15) is 0 Å². The quantitative estimate of drug-likeness (QED) is 0.933. The van der Waals surface area contributed by atoms with Gasteiger partial charge in [-0.25, -0.2) is 0 Å². The molecule has 1 heterocycles. The van der Waals surface area contributed by atoms with Gasteiger partial charge in [-0.1, -0.05) is 30.7 Å². The van der Waals surface area contributed by atoms with E-state index in [4.69, 9.17) is 11.6 Å². The number of hydrogen-bond donors (Lipinski definition) is 1. The topological polar surface area (TPSA) is 49.4 Å². The molecule has 0 aromatic heterocycles. The molecule has 0 radical (unpaired) electrons. The molecule has 1 aliphatic heterocycles. The van der Waals surface area contributed by atoms with E-state index in [1.165, 1.54) is 0 Å². The molecule has 2 amide bonds. The van der Waals surface area contributed by atoms with Crippen LogP contribution in [0.25, 0.3) is 0 Å². The van der Waals surface area contributed by atoms with E-state index in [1.54, 1.807) is 24.8 Å². The first-order valence-corrected chi connectivity index (χ1v) is 7.56. The fourth-order valence-electron chi connectivity index (χ4n) is 2.79. The van der Waals surface area contributed by atoms with Crippen molar-refractivity contribution in [3.63, 3.8) is 0 Å². The van der Waals surface area contributed by atoms with Crippen LogP contribution in [0, 0.1) is 0 Å². The zero-order valence-electron chi connectivity index (χ0n) is 12.8. The summed E-state index contributed by atoms with van der Waals surface area (Å²) in [5.41, 5.74) is 0.0510. The number of nitrogens with one attached hydrogen (secondary N) is 1. The van der Waals surface area contributed by atoms with E-state index in [1.807, 2.05) is 32.0 Å². The fraction of sp³-hybridized carbons (Fsp3) is 0.500. The van der Waals surface area contributed by atoms with E-state index in [0.29, 0.717) is 11.4 Å². The molecule has 2 rings (SSSR count). The van der Waals surface area contributed by atoms with Gasteiger partial charge in [0.05, 0.1) is 6.04 Å². The van der Waals surface area contributed by atoms with E-state index < -0.39 is 11.6 Å². The highest BCUT2D eigenvalue weighted by Gasteiger charge is 2.46. The van der Waals surface area contributed by atoms with Crippen LogP contribution >= 0.6 is 11.6 Å². The average molecular weight is 309 g/mol. The summed E-state index contributed by atoms with van der Waals surface area (Å²) < 4.78 is 0. The van der Waals surface area contributed by atoms with Gasteiger partial charge in [0.25, 0.3) is 0 Å². The number of amides is 2. The van der Waals surface area contributed by atoms with Crippen molar-refractivity contribution < 1.29 is 9.59 Å². The van der Waals surface area contributed by atoms with Gasteiger partial charge in [-0.3, -0.25) is 9.59 Å². The van der Waals surface area contributed by atoms with E-state index in [-0.39, 0.29) is 17.9 Å². The first kappa shape index (κ1) is 15.8. The molecule has 4 nitrogen and oxygen atoms in total. The Morgan fingerprint density at radius 2 is 2.05 bits per heavy atom. The summed E-state index contributed by atoms with van der Waals surface area (Å²) in [5.74, 6) is -0.169. The lowest BCUT2D eigenvalue weighted by molar-refractivity contribution is -0.156. The highest BCUT2D eigenvalue weighted by molar-refractivity contribution is 6.30. The Balaban J connectivity index is 2.41. The number of rotatable bonds is 3. The fourth-order valence-corrected chi connectivity index (χ4v) is 2.99. The van der Waals surface area contributed by atoms with Crippen LogP contribution in [0.15, 0.2) is 24.3 Å². The predicted octanol–water partition coefficient (Wildman–Crippen LogP) is 2.92.